The van der Waals surface area contributed by atoms with Gasteiger partial charge in [-0.2, -0.15) is 12.1 Å². The van der Waals surface area contributed by atoms with Crippen LogP contribution in [-0.4, -0.2) is 17.6 Å². The fourth-order valence-corrected chi connectivity index (χ4v) is 9.60. The molecule has 0 amide bonds. The van der Waals surface area contributed by atoms with Crippen molar-refractivity contribution in [3.05, 3.63) is 169 Å². The molecule has 6 aromatic carbocycles. The van der Waals surface area contributed by atoms with Crippen LogP contribution in [0.3, 0.4) is 0 Å². The summed E-state index contributed by atoms with van der Waals surface area (Å²) < 4.78 is 8.98. The Balaban J connectivity index is 0.00000560. The molecule has 9 rings (SSSR count). The Bertz CT molecular complexity index is 2980. The average Bonchev–Trinajstić information content (AvgIpc) is 3.78. The maximum Gasteiger partial charge on any atom is 0.135 e. The smallest absolute Gasteiger partial charge is 0.135 e. The summed E-state index contributed by atoms with van der Waals surface area (Å²) in [7, 11) is -1.58. The number of rotatable bonds is 7. The topological polar surface area (TPSA) is 33.5 Å². The first-order valence-electron chi connectivity index (χ1n) is 22.2. The minimum absolute atomic E-state index is 0. The summed E-state index contributed by atoms with van der Waals surface area (Å²) in [5.74, 6) is 2.09. The first-order chi connectivity index (χ1) is 29.7. The van der Waals surface area contributed by atoms with Gasteiger partial charge in [-0.15, -0.1) is 48.1 Å². The third-order valence-corrected chi connectivity index (χ3v) is 14.4. The summed E-state index contributed by atoms with van der Waals surface area (Å²) in [4.78, 5) is 9.50. The van der Waals surface area contributed by atoms with Gasteiger partial charge in [-0.25, -0.2) is 4.98 Å². The molecule has 0 unspecified atom stereocenters. The van der Waals surface area contributed by atoms with Crippen LogP contribution in [0.5, 0.6) is 11.5 Å². The maximum absolute atomic E-state index is 6.74. The summed E-state index contributed by atoms with van der Waals surface area (Å²) >= 11 is 0. The fraction of sp³-hybridized carbons (Fsp3) is 0.263. The molecule has 0 aliphatic carbocycles. The molecule has 0 radical (unpaired) electrons. The minimum Gasteiger partial charge on any atom is -0.509 e. The van der Waals surface area contributed by atoms with Gasteiger partial charge in [0, 0.05) is 61.3 Å². The van der Waals surface area contributed by atoms with Crippen molar-refractivity contribution >= 4 is 57.8 Å². The molecule has 0 bridgehead atoms. The van der Waals surface area contributed by atoms with Crippen molar-refractivity contribution in [2.45, 2.75) is 98.2 Å². The molecule has 0 fully saturated rings. The minimum atomic E-state index is -1.58. The molecule has 330 valence electrons. The number of ether oxygens (including phenoxy) is 1. The monoisotopic (exact) mass is 1040 g/mol. The number of fused-ring (bicyclic) bond motifs is 4. The van der Waals surface area contributed by atoms with E-state index in [4.69, 9.17) is 9.72 Å². The van der Waals surface area contributed by atoms with Crippen LogP contribution in [0, 0.1) is 18.8 Å². The average molecular weight is 1040 g/mol. The van der Waals surface area contributed by atoms with Crippen molar-refractivity contribution in [2.75, 3.05) is 9.80 Å². The second-order valence-corrected chi connectivity index (χ2v) is 26.3. The molecule has 2 aromatic heterocycles. The van der Waals surface area contributed by atoms with Gasteiger partial charge in [0.1, 0.15) is 5.82 Å². The van der Waals surface area contributed by atoms with E-state index in [1.165, 1.54) is 32.8 Å². The molecule has 0 spiro atoms. The van der Waals surface area contributed by atoms with Crippen LogP contribution in [0.25, 0.3) is 38.8 Å². The van der Waals surface area contributed by atoms with E-state index >= 15 is 0 Å². The molecule has 0 saturated carbocycles. The quantitative estimate of drug-likeness (QED) is 0.118. The van der Waals surface area contributed by atoms with E-state index < -0.39 is 8.07 Å². The third-order valence-electron chi connectivity index (χ3n) is 12.3. The van der Waals surface area contributed by atoms with Crippen molar-refractivity contribution in [1.82, 2.24) is 9.55 Å². The molecule has 0 atom stereocenters. The first kappa shape index (κ1) is 45.2. The molecule has 8 aromatic rings. The molecular weight excluding hydrogens is 980 g/mol. The zero-order valence-corrected chi connectivity index (χ0v) is 42.6. The SMILES string of the molecule is CC(C)(C)c1cc(N2[CH-]N(c3[c-]c(Oc4[c-]c5c(cc4)c4cc([Si](C)(C)C)ccc4n5-c4cc(C(C)(C)C)ccn4)ccc3)c3cc(-c4ccccc4)ccc32)cc(C(C)(C)C)c1.[Pt]. The van der Waals surface area contributed by atoms with Gasteiger partial charge in [0.2, 0.25) is 0 Å². The van der Waals surface area contributed by atoms with Crippen molar-refractivity contribution in [2.24, 2.45) is 0 Å². The summed E-state index contributed by atoms with van der Waals surface area (Å²) in [6.07, 6.45) is 1.92. The van der Waals surface area contributed by atoms with E-state index in [1.807, 2.05) is 24.4 Å². The summed E-state index contributed by atoms with van der Waals surface area (Å²) in [5.41, 5.74) is 12.3. The third kappa shape index (κ3) is 8.72. The standard InChI is InChI=1S/C57H59N4OSi.Pt/c1-55(2,3)40-27-28-58-54(33-40)61-50-26-23-47(63(10,11)12)36-49(50)48-24-22-46(35-52(48)61)62-45-20-16-19-43(34-45)59-37-60(44-31-41(56(4,5)6)30-42(32-44)57(7,8)9)51-25-21-39(29-53(51)59)38-17-14-13-15-18-38;/h13-33,36-37H,1-12H3;/q-3;. The molecule has 3 heterocycles. The Kier molecular flexibility index (Phi) is 11.7. The van der Waals surface area contributed by atoms with Gasteiger partial charge < -0.3 is 19.1 Å². The van der Waals surface area contributed by atoms with Crippen molar-refractivity contribution in [3.63, 3.8) is 0 Å². The number of aromatic nitrogens is 2. The van der Waals surface area contributed by atoms with Crippen LogP contribution >= 0.6 is 0 Å². The maximum atomic E-state index is 6.74. The molecule has 1 aliphatic rings. The normalized spacial score (nSPS) is 13.4. The van der Waals surface area contributed by atoms with E-state index in [9.17, 15) is 0 Å². The van der Waals surface area contributed by atoms with Crippen molar-refractivity contribution in [1.29, 1.82) is 0 Å². The van der Waals surface area contributed by atoms with E-state index in [0.717, 1.165) is 50.6 Å². The Morgan fingerprint density at radius 2 is 1.25 bits per heavy atom. The zero-order valence-electron chi connectivity index (χ0n) is 39.3. The first-order valence-corrected chi connectivity index (χ1v) is 25.7. The number of anilines is 4. The van der Waals surface area contributed by atoms with Gasteiger partial charge in [0.05, 0.1) is 8.07 Å². The predicted octanol–water partition coefficient (Wildman–Crippen LogP) is 15.1. The van der Waals surface area contributed by atoms with Crippen LogP contribution in [0.15, 0.2) is 134 Å². The molecule has 7 heteroatoms. The fourth-order valence-electron chi connectivity index (χ4n) is 8.43. The Labute approximate surface area is 396 Å². The molecular formula is C57H59N4OPtSi-3. The van der Waals surface area contributed by atoms with Gasteiger partial charge in [-0.1, -0.05) is 147 Å². The summed E-state index contributed by atoms with van der Waals surface area (Å²) in [6.45, 7) is 29.9. The van der Waals surface area contributed by atoms with Gasteiger partial charge in [-0.05, 0) is 91.9 Å². The zero-order chi connectivity index (χ0) is 44.6. The summed E-state index contributed by atoms with van der Waals surface area (Å²) in [6, 6.07) is 53.4. The Hall–Kier alpha value is -5.42. The number of pyridine rings is 1. The largest absolute Gasteiger partial charge is 0.509 e. The van der Waals surface area contributed by atoms with Gasteiger partial charge >= 0.3 is 0 Å². The number of benzene rings is 6. The van der Waals surface area contributed by atoms with E-state index in [2.05, 4.69) is 224 Å². The Morgan fingerprint density at radius 1 is 0.562 bits per heavy atom. The molecule has 64 heavy (non-hydrogen) atoms. The number of hydrogen-bond acceptors (Lipinski definition) is 4. The number of hydrogen-bond donors (Lipinski definition) is 0. The van der Waals surface area contributed by atoms with E-state index in [-0.39, 0.29) is 37.3 Å². The molecule has 0 N–H and O–H groups in total. The molecule has 1 aliphatic heterocycles. The van der Waals surface area contributed by atoms with E-state index in [0.29, 0.717) is 11.5 Å². The van der Waals surface area contributed by atoms with Gasteiger partial charge in [-0.3, -0.25) is 0 Å². The van der Waals surface area contributed by atoms with Crippen molar-refractivity contribution < 1.29 is 25.8 Å². The number of nitrogens with zero attached hydrogens (tertiary/aromatic N) is 4. The van der Waals surface area contributed by atoms with Crippen LogP contribution in [0.2, 0.25) is 19.6 Å². The van der Waals surface area contributed by atoms with Crippen LogP contribution in [-0.2, 0) is 37.3 Å². The van der Waals surface area contributed by atoms with Crippen LogP contribution in [0.1, 0.15) is 79.0 Å². The van der Waals surface area contributed by atoms with Crippen molar-refractivity contribution in [3.8, 4) is 28.4 Å². The predicted molar refractivity (Wildman–Crippen MR) is 269 cm³/mol. The second-order valence-electron chi connectivity index (χ2n) is 21.3. The Morgan fingerprint density at radius 3 is 1.92 bits per heavy atom. The molecule has 5 nitrogen and oxygen atoms in total. The van der Waals surface area contributed by atoms with E-state index in [1.54, 1.807) is 0 Å². The summed E-state index contributed by atoms with van der Waals surface area (Å²) in [5, 5.41) is 3.75. The van der Waals surface area contributed by atoms with Gasteiger partial charge in [0.15, 0.2) is 0 Å². The van der Waals surface area contributed by atoms with Crippen LogP contribution < -0.4 is 19.7 Å². The molecule has 0 saturated heterocycles. The van der Waals surface area contributed by atoms with Gasteiger partial charge in [0.25, 0.3) is 0 Å². The van der Waals surface area contributed by atoms with Crippen LogP contribution in [0.4, 0.5) is 22.7 Å². The second kappa shape index (κ2) is 16.5.